The molecule has 126 valence electrons. The molecule has 6 heteroatoms. The number of halogens is 1. The number of amides is 1. The lowest BCUT2D eigenvalue weighted by Gasteiger charge is -2.31. The zero-order valence-corrected chi connectivity index (χ0v) is 14.1. The summed E-state index contributed by atoms with van der Waals surface area (Å²) >= 11 is 5.79. The summed E-state index contributed by atoms with van der Waals surface area (Å²) < 4.78 is 5.40. The normalized spacial score (nSPS) is 16.5. The van der Waals surface area contributed by atoms with Crippen molar-refractivity contribution >= 4 is 17.5 Å². The van der Waals surface area contributed by atoms with Crippen LogP contribution >= 0.6 is 11.6 Å². The Morgan fingerprint density at radius 3 is 2.62 bits per heavy atom. The van der Waals surface area contributed by atoms with Gasteiger partial charge in [-0.15, -0.1) is 0 Å². The lowest BCUT2D eigenvalue weighted by Crippen LogP contribution is -2.43. The number of benzene rings is 1. The second-order valence-corrected chi connectivity index (χ2v) is 6.11. The van der Waals surface area contributed by atoms with E-state index >= 15 is 0 Å². The minimum absolute atomic E-state index is 0.0903. The number of carbonyl (C=O) groups is 1. The molecule has 1 aromatic heterocycles. The van der Waals surface area contributed by atoms with Gasteiger partial charge in [0.05, 0.1) is 24.8 Å². The first-order valence-electron chi connectivity index (χ1n) is 8.00. The van der Waals surface area contributed by atoms with Crippen molar-refractivity contribution in [1.82, 2.24) is 15.2 Å². The summed E-state index contributed by atoms with van der Waals surface area (Å²) in [7, 11) is 0. The number of aromatic nitrogens is 1. The summed E-state index contributed by atoms with van der Waals surface area (Å²) in [5.41, 5.74) is 1.58. The molecule has 1 aromatic carbocycles. The molecule has 1 atom stereocenters. The number of hydrogen-bond acceptors (Lipinski definition) is 4. The maximum absolute atomic E-state index is 12.5. The van der Waals surface area contributed by atoms with Crippen LogP contribution in [-0.2, 0) is 4.74 Å². The Kier molecular flexibility index (Phi) is 5.80. The quantitative estimate of drug-likeness (QED) is 0.846. The highest BCUT2D eigenvalue weighted by Gasteiger charge is 2.20. The molecule has 0 unspecified atom stereocenters. The van der Waals surface area contributed by atoms with Gasteiger partial charge in [0, 0.05) is 25.8 Å². The fraction of sp³-hybridized carbons (Fsp3) is 0.333. The number of rotatable bonds is 5. The molecule has 1 aliphatic rings. The van der Waals surface area contributed by atoms with Crippen LogP contribution in [0.4, 0.5) is 0 Å². The number of carbonyl (C=O) groups excluding carboxylic acids is 1. The van der Waals surface area contributed by atoms with E-state index in [1.165, 1.54) is 6.20 Å². The van der Waals surface area contributed by atoms with Crippen molar-refractivity contribution < 1.29 is 9.53 Å². The Labute approximate surface area is 146 Å². The minimum atomic E-state index is -0.152. The highest BCUT2D eigenvalue weighted by molar-refractivity contribution is 6.29. The first-order chi connectivity index (χ1) is 11.7. The molecule has 0 aliphatic carbocycles. The number of morpholine rings is 1. The van der Waals surface area contributed by atoms with Gasteiger partial charge in [-0.25, -0.2) is 4.98 Å². The van der Waals surface area contributed by atoms with Crippen LogP contribution < -0.4 is 5.32 Å². The molecule has 1 N–H and O–H groups in total. The molecular weight excluding hydrogens is 326 g/mol. The summed E-state index contributed by atoms with van der Waals surface area (Å²) in [4.78, 5) is 18.8. The number of nitrogens with one attached hydrogen (secondary N) is 1. The van der Waals surface area contributed by atoms with E-state index in [0.717, 1.165) is 38.4 Å². The number of pyridine rings is 1. The van der Waals surface area contributed by atoms with E-state index in [0.29, 0.717) is 10.7 Å². The monoisotopic (exact) mass is 345 g/mol. The van der Waals surface area contributed by atoms with Gasteiger partial charge in [-0.05, 0) is 17.7 Å². The molecule has 24 heavy (non-hydrogen) atoms. The molecule has 5 nitrogen and oxygen atoms in total. The zero-order valence-electron chi connectivity index (χ0n) is 13.3. The van der Waals surface area contributed by atoms with Gasteiger partial charge in [-0.1, -0.05) is 41.9 Å². The lowest BCUT2D eigenvalue weighted by atomic mass is 10.1. The lowest BCUT2D eigenvalue weighted by molar-refractivity contribution is 0.0332. The van der Waals surface area contributed by atoms with Crippen LogP contribution in [-0.4, -0.2) is 48.6 Å². The van der Waals surface area contributed by atoms with Crippen LogP contribution in [0.2, 0.25) is 5.15 Å². The number of ether oxygens (including phenoxy) is 1. The Morgan fingerprint density at radius 1 is 1.21 bits per heavy atom. The predicted octanol–water partition coefficient (Wildman–Crippen LogP) is 2.54. The molecule has 1 aliphatic heterocycles. The van der Waals surface area contributed by atoms with Crippen molar-refractivity contribution in [3.05, 3.63) is 64.9 Å². The third-order valence-electron chi connectivity index (χ3n) is 4.04. The highest BCUT2D eigenvalue weighted by Crippen LogP contribution is 2.16. The van der Waals surface area contributed by atoms with Gasteiger partial charge in [-0.2, -0.15) is 0 Å². The van der Waals surface area contributed by atoms with E-state index in [2.05, 4.69) is 15.2 Å². The van der Waals surface area contributed by atoms with Crippen LogP contribution in [0.1, 0.15) is 22.0 Å². The van der Waals surface area contributed by atoms with Gasteiger partial charge in [0.1, 0.15) is 5.15 Å². The van der Waals surface area contributed by atoms with E-state index in [-0.39, 0.29) is 11.9 Å². The summed E-state index contributed by atoms with van der Waals surface area (Å²) in [6.07, 6.45) is 1.49. The summed E-state index contributed by atoms with van der Waals surface area (Å²) in [6, 6.07) is 13.2. The standard InChI is InChI=1S/C18H20ClN3O2/c19-17-7-6-15(12-20-17)18(23)21-16(14-4-2-1-3-5-14)13-22-8-10-24-11-9-22/h1-7,12,16H,8-11,13H2,(H,21,23)/t16-/m1/s1. The van der Waals surface area contributed by atoms with Gasteiger partial charge in [0.2, 0.25) is 0 Å². The third-order valence-corrected chi connectivity index (χ3v) is 4.26. The minimum Gasteiger partial charge on any atom is -0.379 e. The molecule has 0 bridgehead atoms. The molecule has 2 heterocycles. The third kappa shape index (κ3) is 4.54. The Bertz CT molecular complexity index is 658. The van der Waals surface area contributed by atoms with Crippen LogP contribution in [0.5, 0.6) is 0 Å². The first-order valence-corrected chi connectivity index (χ1v) is 8.37. The maximum atomic E-state index is 12.5. The van der Waals surface area contributed by atoms with Crippen molar-refractivity contribution in [2.45, 2.75) is 6.04 Å². The zero-order chi connectivity index (χ0) is 16.8. The molecule has 3 rings (SSSR count). The van der Waals surface area contributed by atoms with E-state index in [1.807, 2.05) is 30.3 Å². The van der Waals surface area contributed by atoms with Gasteiger partial charge in [0.15, 0.2) is 0 Å². The number of hydrogen-bond donors (Lipinski definition) is 1. The first kappa shape index (κ1) is 16.9. The molecule has 1 saturated heterocycles. The van der Waals surface area contributed by atoms with Gasteiger partial charge in [-0.3, -0.25) is 9.69 Å². The van der Waals surface area contributed by atoms with E-state index in [9.17, 15) is 4.79 Å². The molecule has 0 spiro atoms. The van der Waals surface area contributed by atoms with E-state index in [1.54, 1.807) is 12.1 Å². The average Bonchev–Trinajstić information content (AvgIpc) is 2.63. The van der Waals surface area contributed by atoms with Crippen LogP contribution in [0.3, 0.4) is 0 Å². The Balaban J connectivity index is 1.73. The molecular formula is C18H20ClN3O2. The van der Waals surface area contributed by atoms with Crippen molar-refractivity contribution in [3.63, 3.8) is 0 Å². The van der Waals surface area contributed by atoms with Crippen molar-refractivity contribution in [3.8, 4) is 0 Å². The smallest absolute Gasteiger partial charge is 0.253 e. The van der Waals surface area contributed by atoms with Crippen LogP contribution in [0.25, 0.3) is 0 Å². The maximum Gasteiger partial charge on any atom is 0.253 e. The van der Waals surface area contributed by atoms with Crippen molar-refractivity contribution in [1.29, 1.82) is 0 Å². The molecule has 1 fully saturated rings. The van der Waals surface area contributed by atoms with Crippen LogP contribution in [0.15, 0.2) is 48.7 Å². The molecule has 2 aromatic rings. The summed E-state index contributed by atoms with van der Waals surface area (Å²) in [6.45, 7) is 3.97. The Hall–Kier alpha value is -1.95. The Morgan fingerprint density at radius 2 is 1.96 bits per heavy atom. The average molecular weight is 346 g/mol. The SMILES string of the molecule is O=C(N[C@H](CN1CCOCC1)c1ccccc1)c1ccc(Cl)nc1. The topological polar surface area (TPSA) is 54.5 Å². The van der Waals surface area contributed by atoms with Gasteiger partial charge >= 0.3 is 0 Å². The second kappa shape index (κ2) is 8.24. The van der Waals surface area contributed by atoms with Crippen molar-refractivity contribution in [2.24, 2.45) is 0 Å². The number of nitrogens with zero attached hydrogens (tertiary/aromatic N) is 2. The largest absolute Gasteiger partial charge is 0.379 e. The van der Waals surface area contributed by atoms with Crippen molar-refractivity contribution in [2.75, 3.05) is 32.8 Å². The fourth-order valence-electron chi connectivity index (χ4n) is 2.71. The second-order valence-electron chi connectivity index (χ2n) is 5.72. The molecule has 0 saturated carbocycles. The molecule has 1 amide bonds. The van der Waals surface area contributed by atoms with Crippen LogP contribution in [0, 0.1) is 0 Å². The van der Waals surface area contributed by atoms with E-state index < -0.39 is 0 Å². The van der Waals surface area contributed by atoms with Gasteiger partial charge in [0.25, 0.3) is 5.91 Å². The fourth-order valence-corrected chi connectivity index (χ4v) is 2.83. The van der Waals surface area contributed by atoms with Gasteiger partial charge < -0.3 is 10.1 Å². The molecule has 0 radical (unpaired) electrons. The summed E-state index contributed by atoms with van der Waals surface area (Å²) in [5, 5.41) is 3.49. The summed E-state index contributed by atoms with van der Waals surface area (Å²) in [5.74, 6) is -0.152. The highest BCUT2D eigenvalue weighted by atomic mass is 35.5. The van der Waals surface area contributed by atoms with E-state index in [4.69, 9.17) is 16.3 Å². The predicted molar refractivity (Wildman–Crippen MR) is 93.2 cm³/mol.